The number of imide groups is 1. The number of nitrogens with zero attached hydrogens (tertiary/aromatic N) is 4. The lowest BCUT2D eigenvalue weighted by atomic mass is 9.94. The van der Waals surface area contributed by atoms with Crippen LogP contribution in [0.25, 0.3) is 0 Å². The maximum Gasteiger partial charge on any atom is 0.445 e. The summed E-state index contributed by atoms with van der Waals surface area (Å²) in [7, 11) is 3.11. The van der Waals surface area contributed by atoms with Crippen molar-refractivity contribution in [3.8, 4) is 0 Å². The minimum Gasteiger partial charge on any atom is -0.258 e. The number of allylic oxidation sites excluding steroid dienone is 1. The van der Waals surface area contributed by atoms with Crippen molar-refractivity contribution in [1.29, 1.82) is 0 Å². The number of rotatable bonds is 6. The smallest absolute Gasteiger partial charge is 0.258 e. The summed E-state index contributed by atoms with van der Waals surface area (Å²) in [6.45, 7) is 4.20. The first-order chi connectivity index (χ1) is 13.7. The minimum absolute atomic E-state index is 0.0445. The largest absolute Gasteiger partial charge is 0.445 e. The molecule has 0 aliphatic carbocycles. The highest BCUT2D eigenvalue weighted by atomic mass is 32.2. The Labute approximate surface area is 173 Å². The Kier molecular flexibility index (Phi) is 5.97. The highest BCUT2D eigenvalue weighted by molar-refractivity contribution is 8.02. The van der Waals surface area contributed by atoms with Crippen LogP contribution in [0.1, 0.15) is 25.8 Å². The standard InChI is InChI=1S/C20H23N4O4S/c1-12(2)9-14-10-21-18-16(19(25)23(4)20(26)22(18)3)17(14)29-11-13-5-7-15(8-6-13)24(27)28/h5-8,10,12,16H,9,11H2,1-4H3/q+1. The predicted molar refractivity (Wildman–Crippen MR) is 112 cm³/mol. The molecule has 1 aromatic carbocycles. The van der Waals surface area contributed by atoms with Crippen LogP contribution in [0.5, 0.6) is 0 Å². The van der Waals surface area contributed by atoms with Gasteiger partial charge in [0, 0.05) is 22.8 Å². The van der Waals surface area contributed by atoms with Crippen LogP contribution in [-0.4, -0.2) is 52.5 Å². The number of thioether (sulfide) groups is 1. The Bertz CT molecular complexity index is 963. The molecule has 2 aliphatic heterocycles. The number of amides is 3. The highest BCUT2D eigenvalue weighted by Crippen LogP contribution is 2.38. The Morgan fingerprint density at radius 2 is 1.93 bits per heavy atom. The molecule has 29 heavy (non-hydrogen) atoms. The molecule has 9 heteroatoms. The molecular weight excluding hydrogens is 392 g/mol. The van der Waals surface area contributed by atoms with Crippen LogP contribution in [0.3, 0.4) is 0 Å². The SMILES string of the molecule is CC(C)CC1=C(SCc2ccc([N+](=O)[O-])cc2)C2C(=O)N(C)C(=O)[N+](C)=C2N=C1. The molecule has 0 fully saturated rings. The zero-order chi connectivity index (χ0) is 21.3. The number of amidine groups is 1. The van der Waals surface area contributed by atoms with Gasteiger partial charge in [0.25, 0.3) is 11.5 Å². The molecule has 0 spiro atoms. The van der Waals surface area contributed by atoms with Crippen molar-refractivity contribution >= 4 is 41.4 Å². The summed E-state index contributed by atoms with van der Waals surface area (Å²) < 4.78 is 1.42. The van der Waals surface area contributed by atoms with Crippen LogP contribution in [0.4, 0.5) is 10.5 Å². The zero-order valence-corrected chi connectivity index (χ0v) is 17.6. The Hall–Kier alpha value is -2.81. The molecule has 0 saturated carbocycles. The number of non-ortho nitro benzene ring substituents is 1. The molecule has 3 amide bonds. The van der Waals surface area contributed by atoms with Crippen molar-refractivity contribution in [2.45, 2.75) is 26.0 Å². The molecule has 0 bridgehead atoms. The maximum atomic E-state index is 12.9. The second-order valence-corrected chi connectivity index (χ2v) is 8.51. The van der Waals surface area contributed by atoms with Gasteiger partial charge in [-0.25, -0.2) is 4.79 Å². The molecule has 152 valence electrons. The monoisotopic (exact) mass is 415 g/mol. The first-order valence-corrected chi connectivity index (χ1v) is 10.2. The highest BCUT2D eigenvalue weighted by Gasteiger charge is 2.48. The Morgan fingerprint density at radius 3 is 2.52 bits per heavy atom. The summed E-state index contributed by atoms with van der Waals surface area (Å²) in [6.07, 6.45) is 2.52. The second-order valence-electron chi connectivity index (χ2n) is 7.49. The van der Waals surface area contributed by atoms with E-state index in [-0.39, 0.29) is 11.6 Å². The van der Waals surface area contributed by atoms with Gasteiger partial charge in [-0.2, -0.15) is 9.48 Å². The number of aliphatic imine (C=N–C) groups is 1. The van der Waals surface area contributed by atoms with E-state index in [0.29, 0.717) is 17.5 Å². The number of nitro groups is 1. The number of hydrogen-bond acceptors (Lipinski definition) is 6. The van der Waals surface area contributed by atoms with Crippen molar-refractivity contribution in [3.05, 3.63) is 50.4 Å². The summed E-state index contributed by atoms with van der Waals surface area (Å²) in [6, 6.07) is 6.00. The summed E-state index contributed by atoms with van der Waals surface area (Å²) in [5, 5.41) is 10.8. The van der Waals surface area contributed by atoms with Crippen LogP contribution in [0, 0.1) is 22.0 Å². The number of dihydropyridines is 1. The summed E-state index contributed by atoms with van der Waals surface area (Å²) in [5.41, 5.74) is 1.95. The van der Waals surface area contributed by atoms with Gasteiger partial charge in [-0.1, -0.05) is 26.0 Å². The van der Waals surface area contributed by atoms with Gasteiger partial charge in [0.15, 0.2) is 5.92 Å². The molecule has 2 heterocycles. The van der Waals surface area contributed by atoms with Crippen LogP contribution >= 0.6 is 11.8 Å². The average molecular weight is 415 g/mol. The number of benzene rings is 1. The van der Waals surface area contributed by atoms with Crippen molar-refractivity contribution in [2.75, 3.05) is 14.1 Å². The molecule has 0 radical (unpaired) electrons. The van der Waals surface area contributed by atoms with E-state index in [1.54, 1.807) is 25.4 Å². The molecule has 1 unspecified atom stereocenters. The van der Waals surface area contributed by atoms with Gasteiger partial charge in [0.1, 0.15) is 6.21 Å². The summed E-state index contributed by atoms with van der Waals surface area (Å²) in [5.74, 6) is 0.485. The third-order valence-corrected chi connectivity index (χ3v) is 6.14. The van der Waals surface area contributed by atoms with E-state index in [1.807, 2.05) is 0 Å². The fourth-order valence-electron chi connectivity index (χ4n) is 3.34. The van der Waals surface area contributed by atoms with Crippen LogP contribution in [0.2, 0.25) is 0 Å². The summed E-state index contributed by atoms with van der Waals surface area (Å²) >= 11 is 1.52. The quantitative estimate of drug-likeness (QED) is 0.403. The fraction of sp³-hybridized carbons (Fsp3) is 0.400. The van der Waals surface area contributed by atoms with E-state index in [1.165, 1.54) is 35.5 Å². The lowest BCUT2D eigenvalue weighted by Crippen LogP contribution is -2.52. The van der Waals surface area contributed by atoms with E-state index >= 15 is 0 Å². The first kappa shape index (κ1) is 20.9. The second kappa shape index (κ2) is 8.28. The first-order valence-electron chi connectivity index (χ1n) is 9.26. The molecule has 0 N–H and O–H groups in total. The van der Waals surface area contributed by atoms with Gasteiger partial charge >= 0.3 is 11.9 Å². The zero-order valence-electron chi connectivity index (χ0n) is 16.8. The Balaban J connectivity index is 1.95. The van der Waals surface area contributed by atoms with Crippen molar-refractivity contribution < 1.29 is 19.1 Å². The van der Waals surface area contributed by atoms with Crippen molar-refractivity contribution in [1.82, 2.24) is 4.90 Å². The fourth-order valence-corrected chi connectivity index (χ4v) is 4.55. The van der Waals surface area contributed by atoms with Crippen LogP contribution in [0.15, 0.2) is 39.7 Å². The van der Waals surface area contributed by atoms with E-state index in [2.05, 4.69) is 18.8 Å². The molecule has 2 aliphatic rings. The molecular formula is C20H23N4O4S+. The predicted octanol–water partition coefficient (Wildman–Crippen LogP) is 3.46. The molecule has 8 nitrogen and oxygen atoms in total. The van der Waals surface area contributed by atoms with E-state index < -0.39 is 16.9 Å². The van der Waals surface area contributed by atoms with E-state index in [9.17, 15) is 19.7 Å². The van der Waals surface area contributed by atoms with Crippen molar-refractivity contribution in [3.63, 3.8) is 0 Å². The van der Waals surface area contributed by atoms with Gasteiger partial charge in [0.05, 0.1) is 19.0 Å². The average Bonchev–Trinajstić information content (AvgIpc) is 2.69. The number of nitro benzene ring substituents is 1. The Morgan fingerprint density at radius 1 is 1.28 bits per heavy atom. The molecule has 1 atom stereocenters. The molecule has 3 rings (SSSR count). The number of carbonyl (C=O) groups excluding carboxylic acids is 2. The number of fused-ring (bicyclic) bond motifs is 1. The molecule has 0 saturated heterocycles. The lowest BCUT2D eigenvalue weighted by molar-refractivity contribution is -0.407. The third-order valence-electron chi connectivity index (χ3n) is 4.85. The number of urea groups is 1. The van der Waals surface area contributed by atoms with Gasteiger partial charge in [-0.15, -0.1) is 16.8 Å². The third kappa shape index (κ3) is 4.14. The normalized spacial score (nSPS) is 19.3. The lowest BCUT2D eigenvalue weighted by Gasteiger charge is -2.28. The maximum absolute atomic E-state index is 12.9. The van der Waals surface area contributed by atoms with Gasteiger partial charge in [-0.05, 0) is 23.5 Å². The van der Waals surface area contributed by atoms with Crippen molar-refractivity contribution in [2.24, 2.45) is 16.8 Å². The topological polar surface area (TPSA) is 95.9 Å². The molecule has 0 aromatic heterocycles. The minimum atomic E-state index is -0.607. The van der Waals surface area contributed by atoms with Crippen LogP contribution in [-0.2, 0) is 10.5 Å². The van der Waals surface area contributed by atoms with Gasteiger partial charge in [0.2, 0.25) is 0 Å². The van der Waals surface area contributed by atoms with Gasteiger partial charge < -0.3 is 0 Å². The number of carbonyl (C=O) groups is 2. The van der Waals surface area contributed by atoms with E-state index in [4.69, 9.17) is 0 Å². The van der Waals surface area contributed by atoms with Crippen LogP contribution < -0.4 is 0 Å². The van der Waals surface area contributed by atoms with E-state index in [0.717, 1.165) is 27.4 Å². The van der Waals surface area contributed by atoms with Gasteiger partial charge in [-0.3, -0.25) is 14.9 Å². The number of hydrogen-bond donors (Lipinski definition) is 0. The molecule has 1 aromatic rings. The summed E-state index contributed by atoms with van der Waals surface area (Å²) in [4.78, 5) is 42.1.